The van der Waals surface area contributed by atoms with E-state index < -0.39 is 22.4 Å². The minimum atomic E-state index is -0.764. The fourth-order valence-electron chi connectivity index (χ4n) is 2.91. The van der Waals surface area contributed by atoms with Gasteiger partial charge < -0.3 is 19.6 Å². The molecule has 2 aromatic carbocycles. The maximum absolute atomic E-state index is 12.3. The Morgan fingerprint density at radius 2 is 1.70 bits per heavy atom. The quantitative estimate of drug-likeness (QED) is 0.185. The molecule has 2 N–H and O–H groups in total. The molecule has 33 heavy (non-hydrogen) atoms. The summed E-state index contributed by atoms with van der Waals surface area (Å²) in [5.74, 6) is -1.53. The maximum Gasteiger partial charge on any atom is 0.349 e. The minimum Gasteiger partial charge on any atom is -0.422 e. The zero-order valence-electron chi connectivity index (χ0n) is 16.8. The van der Waals surface area contributed by atoms with E-state index in [9.17, 15) is 24.5 Å². The molecule has 4 aromatic rings. The second-order valence-corrected chi connectivity index (χ2v) is 6.72. The van der Waals surface area contributed by atoms with Crippen LogP contribution >= 0.6 is 0 Å². The largest absolute Gasteiger partial charge is 0.422 e. The lowest BCUT2D eigenvalue weighted by Gasteiger charge is -2.05. The third-order valence-electron chi connectivity index (χ3n) is 4.54. The van der Waals surface area contributed by atoms with E-state index in [1.54, 1.807) is 24.3 Å². The Morgan fingerprint density at radius 1 is 1.00 bits per heavy atom. The van der Waals surface area contributed by atoms with E-state index in [-0.39, 0.29) is 36.1 Å². The van der Waals surface area contributed by atoms with Gasteiger partial charge in [-0.1, -0.05) is 23.4 Å². The van der Waals surface area contributed by atoms with Crippen molar-refractivity contribution in [3.63, 3.8) is 0 Å². The zero-order chi connectivity index (χ0) is 23.4. The van der Waals surface area contributed by atoms with Crippen molar-refractivity contribution in [3.8, 4) is 11.4 Å². The summed E-state index contributed by atoms with van der Waals surface area (Å²) in [6.07, 6.45) is 0. The first-order valence-corrected chi connectivity index (χ1v) is 9.60. The highest BCUT2D eigenvalue weighted by Crippen LogP contribution is 2.19. The smallest absolute Gasteiger partial charge is 0.349 e. The maximum atomic E-state index is 12.3. The number of nitrogens with one attached hydrogen (secondary N) is 2. The van der Waals surface area contributed by atoms with Crippen LogP contribution in [-0.4, -0.2) is 40.0 Å². The standard InChI is InChI=1S/C21H15N5O7/c27-18(15-11-13-3-1-2-4-16(13)32-21(15)29)22-9-10-23-19(28)20-24-17(25-33-20)12-5-7-14(8-6-12)26(30)31/h1-8,11H,9-10H2,(H,22,27)(H,23,28). The summed E-state index contributed by atoms with van der Waals surface area (Å²) in [6.45, 7) is 0.0545. The monoisotopic (exact) mass is 449 g/mol. The Kier molecular flexibility index (Phi) is 5.89. The van der Waals surface area contributed by atoms with E-state index in [0.717, 1.165) is 0 Å². The summed E-state index contributed by atoms with van der Waals surface area (Å²) < 4.78 is 10.0. The van der Waals surface area contributed by atoms with Crippen LogP contribution in [0.5, 0.6) is 0 Å². The number of hydrogen-bond acceptors (Lipinski definition) is 9. The van der Waals surface area contributed by atoms with E-state index in [2.05, 4.69) is 20.8 Å². The van der Waals surface area contributed by atoms with Gasteiger partial charge in [0.25, 0.3) is 11.6 Å². The van der Waals surface area contributed by atoms with Crippen molar-refractivity contribution < 1.29 is 23.5 Å². The van der Waals surface area contributed by atoms with Crippen LogP contribution in [0, 0.1) is 10.1 Å². The summed E-state index contributed by atoms with van der Waals surface area (Å²) >= 11 is 0. The third kappa shape index (κ3) is 4.74. The van der Waals surface area contributed by atoms with Gasteiger partial charge in [-0.3, -0.25) is 19.7 Å². The van der Waals surface area contributed by atoms with Crippen molar-refractivity contribution in [3.05, 3.63) is 86.6 Å². The molecule has 166 valence electrons. The zero-order valence-corrected chi connectivity index (χ0v) is 16.8. The molecule has 12 nitrogen and oxygen atoms in total. The van der Waals surface area contributed by atoms with Gasteiger partial charge in [-0.25, -0.2) is 4.79 Å². The van der Waals surface area contributed by atoms with Gasteiger partial charge in [0.15, 0.2) is 0 Å². The average molecular weight is 449 g/mol. The van der Waals surface area contributed by atoms with E-state index in [1.807, 2.05) is 0 Å². The SMILES string of the molecule is O=C(NCCNC(=O)c1cc2ccccc2oc1=O)c1nc(-c2ccc([N+](=O)[O-])cc2)no1. The highest BCUT2D eigenvalue weighted by molar-refractivity contribution is 5.96. The Hall–Kier alpha value is -4.87. The number of nitrogens with zero attached hydrogens (tertiary/aromatic N) is 3. The first kappa shape index (κ1) is 21.4. The van der Waals surface area contributed by atoms with Crippen LogP contribution in [0.3, 0.4) is 0 Å². The van der Waals surface area contributed by atoms with E-state index >= 15 is 0 Å². The van der Waals surface area contributed by atoms with Gasteiger partial charge in [0.1, 0.15) is 11.1 Å². The number of nitro benzene ring substituents is 1. The van der Waals surface area contributed by atoms with Gasteiger partial charge in [-0.05, 0) is 24.3 Å². The fraction of sp³-hybridized carbons (Fsp3) is 0.0952. The Bertz CT molecular complexity index is 1410. The van der Waals surface area contributed by atoms with Crippen LogP contribution in [0.25, 0.3) is 22.4 Å². The summed E-state index contributed by atoms with van der Waals surface area (Å²) in [5.41, 5.74) is -0.197. The molecular weight excluding hydrogens is 434 g/mol. The molecule has 12 heteroatoms. The molecule has 0 atom stereocenters. The number of nitro groups is 1. The molecule has 0 saturated heterocycles. The molecule has 0 saturated carbocycles. The fourth-order valence-corrected chi connectivity index (χ4v) is 2.91. The average Bonchev–Trinajstić information content (AvgIpc) is 3.31. The second-order valence-electron chi connectivity index (χ2n) is 6.72. The van der Waals surface area contributed by atoms with Crippen molar-refractivity contribution >= 4 is 28.5 Å². The minimum absolute atomic E-state index is 0.0265. The molecule has 0 aliphatic carbocycles. The number of amides is 2. The van der Waals surface area contributed by atoms with Crippen molar-refractivity contribution in [1.82, 2.24) is 20.8 Å². The van der Waals surface area contributed by atoms with Crippen LogP contribution < -0.4 is 16.3 Å². The number of benzene rings is 2. The van der Waals surface area contributed by atoms with Crippen LogP contribution in [0.15, 0.2) is 68.3 Å². The number of fused-ring (bicyclic) bond motifs is 1. The summed E-state index contributed by atoms with van der Waals surface area (Å²) in [7, 11) is 0. The highest BCUT2D eigenvalue weighted by atomic mass is 16.6. The lowest BCUT2D eigenvalue weighted by Crippen LogP contribution is -2.36. The number of aromatic nitrogens is 2. The molecule has 0 radical (unpaired) electrons. The summed E-state index contributed by atoms with van der Waals surface area (Å²) in [4.78, 5) is 50.6. The lowest BCUT2D eigenvalue weighted by atomic mass is 10.2. The number of non-ortho nitro benzene ring substituents is 1. The number of para-hydroxylation sites is 1. The molecule has 0 fully saturated rings. The molecule has 4 rings (SSSR count). The summed E-state index contributed by atoms with van der Waals surface area (Å²) in [5, 5.41) is 20.0. The van der Waals surface area contributed by atoms with Crippen LogP contribution in [0.4, 0.5) is 5.69 Å². The Balaban J connectivity index is 1.31. The van der Waals surface area contributed by atoms with E-state index in [4.69, 9.17) is 8.94 Å². The highest BCUT2D eigenvalue weighted by Gasteiger charge is 2.17. The molecule has 2 heterocycles. The van der Waals surface area contributed by atoms with Crippen molar-refractivity contribution in [2.75, 3.05) is 13.1 Å². The van der Waals surface area contributed by atoms with Gasteiger partial charge in [0.05, 0.1) is 4.92 Å². The molecule has 2 amide bonds. The van der Waals surface area contributed by atoms with Gasteiger partial charge >= 0.3 is 17.4 Å². The van der Waals surface area contributed by atoms with Crippen LogP contribution in [0.1, 0.15) is 21.0 Å². The third-order valence-corrected chi connectivity index (χ3v) is 4.54. The lowest BCUT2D eigenvalue weighted by molar-refractivity contribution is -0.384. The van der Waals surface area contributed by atoms with E-state index in [0.29, 0.717) is 16.5 Å². The van der Waals surface area contributed by atoms with Gasteiger partial charge in [-0.2, -0.15) is 4.98 Å². The van der Waals surface area contributed by atoms with Gasteiger partial charge in [-0.15, -0.1) is 0 Å². The molecule has 0 bridgehead atoms. The number of rotatable bonds is 7. The molecular formula is C21H15N5O7. The van der Waals surface area contributed by atoms with Gasteiger partial charge in [0.2, 0.25) is 5.82 Å². The Morgan fingerprint density at radius 3 is 2.42 bits per heavy atom. The first-order valence-electron chi connectivity index (χ1n) is 9.60. The molecule has 0 aliphatic rings. The van der Waals surface area contributed by atoms with Crippen LogP contribution in [-0.2, 0) is 0 Å². The molecule has 0 aliphatic heterocycles. The Labute approximate surface area is 184 Å². The number of carbonyl (C=O) groups excluding carboxylic acids is 2. The van der Waals surface area contributed by atoms with Crippen molar-refractivity contribution in [2.45, 2.75) is 0 Å². The van der Waals surface area contributed by atoms with Gasteiger partial charge in [0, 0.05) is 36.2 Å². The normalized spacial score (nSPS) is 10.7. The number of hydrogen-bond donors (Lipinski definition) is 2. The van der Waals surface area contributed by atoms with E-state index in [1.165, 1.54) is 30.3 Å². The molecule has 0 unspecified atom stereocenters. The van der Waals surface area contributed by atoms with Crippen molar-refractivity contribution in [2.24, 2.45) is 0 Å². The van der Waals surface area contributed by atoms with Crippen LogP contribution in [0.2, 0.25) is 0 Å². The second kappa shape index (κ2) is 9.09. The van der Waals surface area contributed by atoms with Crippen molar-refractivity contribution in [1.29, 1.82) is 0 Å². The predicted molar refractivity (Wildman–Crippen MR) is 114 cm³/mol. The summed E-state index contributed by atoms with van der Waals surface area (Å²) in [6, 6.07) is 13.7. The first-order chi connectivity index (χ1) is 15.9. The topological polar surface area (TPSA) is 170 Å². The molecule has 0 spiro atoms. The number of carbonyl (C=O) groups is 2. The predicted octanol–water partition coefficient (Wildman–Crippen LogP) is 1.91. The molecule has 2 aromatic heterocycles.